The van der Waals surface area contributed by atoms with Crippen molar-refractivity contribution in [2.24, 2.45) is 5.73 Å². The molecule has 1 aromatic rings. The maximum atomic E-state index is 12.9. The lowest BCUT2D eigenvalue weighted by molar-refractivity contribution is -0.140. The third-order valence-corrected chi connectivity index (χ3v) is 2.19. The van der Waals surface area contributed by atoms with E-state index in [1.807, 2.05) is 5.32 Å². The number of benzene rings is 1. The van der Waals surface area contributed by atoms with Crippen molar-refractivity contribution in [1.82, 2.24) is 5.32 Å². The molecule has 0 unspecified atom stereocenters. The van der Waals surface area contributed by atoms with Crippen molar-refractivity contribution < 1.29 is 28.3 Å². The van der Waals surface area contributed by atoms with Crippen LogP contribution in [0.1, 0.15) is 16.8 Å². The van der Waals surface area contributed by atoms with E-state index in [-0.39, 0.29) is 5.56 Å². The van der Waals surface area contributed by atoms with Crippen LogP contribution in [0, 0.1) is 11.6 Å². The molecule has 0 aliphatic carbocycles. The van der Waals surface area contributed by atoms with E-state index in [4.69, 9.17) is 10.8 Å². The first-order valence-corrected chi connectivity index (χ1v) is 5.08. The first-order valence-electron chi connectivity index (χ1n) is 5.08. The highest BCUT2D eigenvalue weighted by Gasteiger charge is 2.23. The van der Waals surface area contributed by atoms with Crippen LogP contribution >= 0.6 is 0 Å². The molecule has 2 amide bonds. The quantitative estimate of drug-likeness (QED) is 0.702. The molecule has 4 N–H and O–H groups in total. The third kappa shape index (κ3) is 4.02. The number of hydrogen-bond acceptors (Lipinski definition) is 3. The number of carboxylic acid groups (broad SMARTS) is 1. The van der Waals surface area contributed by atoms with Crippen LogP contribution in [0.5, 0.6) is 0 Å². The molecule has 1 atom stereocenters. The van der Waals surface area contributed by atoms with Gasteiger partial charge in [0.1, 0.15) is 6.04 Å². The zero-order valence-electron chi connectivity index (χ0n) is 9.52. The molecule has 1 rings (SSSR count). The average Bonchev–Trinajstić information content (AvgIpc) is 2.31. The van der Waals surface area contributed by atoms with E-state index in [0.717, 1.165) is 12.1 Å². The van der Waals surface area contributed by atoms with E-state index in [1.54, 1.807) is 0 Å². The number of carboxylic acids is 1. The van der Waals surface area contributed by atoms with E-state index in [0.29, 0.717) is 6.07 Å². The van der Waals surface area contributed by atoms with Crippen molar-refractivity contribution in [2.45, 2.75) is 12.5 Å². The highest BCUT2D eigenvalue weighted by Crippen LogP contribution is 2.09. The molecule has 0 spiro atoms. The summed E-state index contributed by atoms with van der Waals surface area (Å²) in [5, 5.41) is 10.7. The van der Waals surface area contributed by atoms with E-state index in [9.17, 15) is 23.2 Å². The van der Waals surface area contributed by atoms with Gasteiger partial charge >= 0.3 is 5.97 Å². The molecule has 0 aliphatic rings. The molecule has 0 saturated carbocycles. The van der Waals surface area contributed by atoms with Gasteiger partial charge in [-0.25, -0.2) is 13.6 Å². The Morgan fingerprint density at radius 3 is 2.37 bits per heavy atom. The van der Waals surface area contributed by atoms with Gasteiger partial charge < -0.3 is 16.2 Å². The number of halogens is 2. The van der Waals surface area contributed by atoms with Crippen molar-refractivity contribution in [1.29, 1.82) is 0 Å². The SMILES string of the molecule is NC(=O)C[C@@H](NC(=O)c1ccc(F)c(F)c1)C(=O)O. The van der Waals surface area contributed by atoms with Gasteiger partial charge in [-0.2, -0.15) is 0 Å². The van der Waals surface area contributed by atoms with Gasteiger partial charge in [-0.1, -0.05) is 0 Å². The number of primary amides is 1. The van der Waals surface area contributed by atoms with Gasteiger partial charge in [0.25, 0.3) is 5.91 Å². The number of nitrogens with two attached hydrogens (primary N) is 1. The smallest absolute Gasteiger partial charge is 0.326 e. The Morgan fingerprint density at radius 1 is 1.26 bits per heavy atom. The lowest BCUT2D eigenvalue weighted by Gasteiger charge is -2.12. The van der Waals surface area contributed by atoms with Gasteiger partial charge in [0, 0.05) is 5.56 Å². The number of aliphatic carboxylic acids is 1. The van der Waals surface area contributed by atoms with Gasteiger partial charge in [0.15, 0.2) is 11.6 Å². The van der Waals surface area contributed by atoms with Crippen LogP contribution in [-0.2, 0) is 9.59 Å². The Labute approximate surface area is 106 Å². The van der Waals surface area contributed by atoms with Crippen molar-refractivity contribution in [3.8, 4) is 0 Å². The summed E-state index contributed by atoms with van der Waals surface area (Å²) < 4.78 is 25.6. The third-order valence-electron chi connectivity index (χ3n) is 2.19. The molecule has 0 heterocycles. The number of amides is 2. The van der Waals surface area contributed by atoms with Crippen LogP contribution < -0.4 is 11.1 Å². The second-order valence-corrected chi connectivity index (χ2v) is 3.66. The molecule has 102 valence electrons. The lowest BCUT2D eigenvalue weighted by Crippen LogP contribution is -2.43. The summed E-state index contributed by atoms with van der Waals surface area (Å²) in [6.07, 6.45) is -0.606. The first-order chi connectivity index (χ1) is 8.81. The number of nitrogens with one attached hydrogen (secondary N) is 1. The molecule has 6 nitrogen and oxygen atoms in total. The molecule has 19 heavy (non-hydrogen) atoms. The van der Waals surface area contributed by atoms with E-state index >= 15 is 0 Å². The van der Waals surface area contributed by atoms with Gasteiger partial charge in [-0.15, -0.1) is 0 Å². The predicted octanol–water partition coefficient (Wildman–Crippen LogP) is 0.0232. The van der Waals surface area contributed by atoms with E-state index in [2.05, 4.69) is 0 Å². The van der Waals surface area contributed by atoms with E-state index in [1.165, 1.54) is 0 Å². The minimum absolute atomic E-state index is 0.269. The molecule has 0 saturated heterocycles. The zero-order valence-corrected chi connectivity index (χ0v) is 9.52. The van der Waals surface area contributed by atoms with Crippen molar-refractivity contribution >= 4 is 17.8 Å². The number of hydrogen-bond donors (Lipinski definition) is 3. The number of rotatable bonds is 5. The second kappa shape index (κ2) is 5.89. The van der Waals surface area contributed by atoms with Crippen molar-refractivity contribution in [3.63, 3.8) is 0 Å². The number of carbonyl (C=O) groups is 3. The molecule has 8 heteroatoms. The zero-order chi connectivity index (χ0) is 14.6. The standard InChI is InChI=1S/C11H10F2N2O4/c12-6-2-1-5(3-7(6)13)10(17)15-8(11(18)19)4-9(14)16/h1-3,8H,4H2,(H2,14,16)(H,15,17)(H,18,19)/t8-/m1/s1. The van der Waals surface area contributed by atoms with Crippen LogP contribution in [0.25, 0.3) is 0 Å². The highest BCUT2D eigenvalue weighted by atomic mass is 19.2. The fraction of sp³-hybridized carbons (Fsp3) is 0.182. The van der Waals surface area contributed by atoms with Crippen LogP contribution in [0.3, 0.4) is 0 Å². The Bertz CT molecular complexity index is 533. The number of carbonyl (C=O) groups excluding carboxylic acids is 2. The summed E-state index contributed by atoms with van der Waals surface area (Å²) in [5.41, 5.74) is 4.56. The minimum Gasteiger partial charge on any atom is -0.480 e. The average molecular weight is 272 g/mol. The normalized spacial score (nSPS) is 11.7. The van der Waals surface area contributed by atoms with Gasteiger partial charge in [-0.05, 0) is 18.2 Å². The summed E-state index contributed by atoms with van der Waals surface area (Å²) in [5.74, 6) is -5.71. The Kier molecular flexibility index (Phi) is 4.51. The minimum atomic E-state index is -1.53. The summed E-state index contributed by atoms with van der Waals surface area (Å²) >= 11 is 0. The van der Waals surface area contributed by atoms with Crippen molar-refractivity contribution in [3.05, 3.63) is 35.4 Å². The van der Waals surface area contributed by atoms with Crippen LogP contribution in [0.15, 0.2) is 18.2 Å². The summed E-state index contributed by atoms with van der Waals surface area (Å²) in [6.45, 7) is 0. The fourth-order valence-corrected chi connectivity index (χ4v) is 1.28. The topological polar surface area (TPSA) is 109 Å². The second-order valence-electron chi connectivity index (χ2n) is 3.66. The highest BCUT2D eigenvalue weighted by molar-refractivity contribution is 5.97. The fourth-order valence-electron chi connectivity index (χ4n) is 1.28. The van der Waals surface area contributed by atoms with Crippen LogP contribution in [0.2, 0.25) is 0 Å². The maximum Gasteiger partial charge on any atom is 0.326 e. The molecule has 0 aliphatic heterocycles. The molecular formula is C11H10F2N2O4. The maximum absolute atomic E-state index is 12.9. The summed E-state index contributed by atoms with van der Waals surface area (Å²) in [4.78, 5) is 33.0. The first kappa shape index (κ1) is 14.6. The van der Waals surface area contributed by atoms with E-state index < -0.39 is 41.9 Å². The molecule has 0 aromatic heterocycles. The summed E-state index contributed by atoms with van der Waals surface area (Å²) in [6, 6.07) is 0.803. The Morgan fingerprint density at radius 2 is 1.89 bits per heavy atom. The molecule has 0 fully saturated rings. The van der Waals surface area contributed by atoms with Gasteiger partial charge in [0.2, 0.25) is 5.91 Å². The van der Waals surface area contributed by atoms with Crippen LogP contribution in [-0.4, -0.2) is 28.9 Å². The monoisotopic (exact) mass is 272 g/mol. The van der Waals surface area contributed by atoms with Crippen LogP contribution in [0.4, 0.5) is 8.78 Å². The molecule has 0 radical (unpaired) electrons. The lowest BCUT2D eigenvalue weighted by atomic mass is 10.1. The summed E-state index contributed by atoms with van der Waals surface area (Å²) in [7, 11) is 0. The van der Waals surface area contributed by atoms with Gasteiger partial charge in [0.05, 0.1) is 6.42 Å². The largest absolute Gasteiger partial charge is 0.480 e. The molecular weight excluding hydrogens is 262 g/mol. The molecule has 1 aromatic carbocycles. The van der Waals surface area contributed by atoms with Crippen molar-refractivity contribution in [2.75, 3.05) is 0 Å². The predicted molar refractivity (Wildman–Crippen MR) is 59.1 cm³/mol. The van der Waals surface area contributed by atoms with Gasteiger partial charge in [-0.3, -0.25) is 9.59 Å². The Balaban J connectivity index is 2.84. The molecule has 0 bridgehead atoms. The Hall–Kier alpha value is -2.51.